The topological polar surface area (TPSA) is 63.6 Å². The third-order valence-electron chi connectivity index (χ3n) is 4.62. The first-order valence-corrected chi connectivity index (χ1v) is 9.19. The molecule has 0 aromatic carbocycles. The molecule has 21 heteroatoms. The van der Waals surface area contributed by atoms with E-state index in [2.05, 4.69) is 4.74 Å². The maximum Gasteiger partial charge on any atom is 0.460 e. The molecule has 1 N–H and O–H groups in total. The summed E-state index contributed by atoms with van der Waals surface area (Å²) in [6.07, 6.45) is -13.6. The molecule has 0 radical (unpaired) electrons. The molecule has 0 saturated carbocycles. The summed E-state index contributed by atoms with van der Waals surface area (Å²) in [5.41, 5.74) is 0. The minimum absolute atomic E-state index is 0.0137. The fourth-order valence-corrected chi connectivity index (χ4v) is 2.32. The molecule has 0 amide bonds. The van der Waals surface area contributed by atoms with Crippen molar-refractivity contribution in [2.24, 2.45) is 5.92 Å². The van der Waals surface area contributed by atoms with Gasteiger partial charge in [0.05, 0.1) is 6.42 Å². The summed E-state index contributed by atoms with van der Waals surface area (Å²) in [4.78, 5) is 21.6. The molecule has 0 aliphatic carbocycles. The van der Waals surface area contributed by atoms with Crippen LogP contribution in [0.2, 0.25) is 0 Å². The van der Waals surface area contributed by atoms with Gasteiger partial charge in [0.2, 0.25) is 0 Å². The standard InChI is InChI=1S/C17H13F17O4/c1-6(2)7(38-9(37)4-3-8(35)36)5-10(18,19)11(20,21)12(22,23)13(24,25)14(26,27)15(28,29)16(30,31)17(32,33)34/h3-4,6-7H,5H2,1-2H3,(H,35,36)/b4-3-. The van der Waals surface area contributed by atoms with Gasteiger partial charge in [0.15, 0.2) is 0 Å². The van der Waals surface area contributed by atoms with Crippen LogP contribution in [0, 0.1) is 5.92 Å². The molecular formula is C17H13F17O4. The van der Waals surface area contributed by atoms with Crippen LogP contribution in [-0.2, 0) is 14.3 Å². The van der Waals surface area contributed by atoms with Gasteiger partial charge in [-0.05, 0) is 5.92 Å². The van der Waals surface area contributed by atoms with Crippen LogP contribution in [0.3, 0.4) is 0 Å². The van der Waals surface area contributed by atoms with Crippen molar-refractivity contribution in [2.75, 3.05) is 0 Å². The molecule has 0 aliphatic rings. The lowest BCUT2D eigenvalue weighted by atomic mass is 9.86. The number of hydrogen-bond donors (Lipinski definition) is 1. The number of esters is 1. The predicted molar refractivity (Wildman–Crippen MR) is 86.8 cm³/mol. The quantitative estimate of drug-likeness (QED) is 0.155. The zero-order valence-corrected chi connectivity index (χ0v) is 18.1. The number of alkyl halides is 17. The number of carbonyl (C=O) groups excluding carboxylic acids is 1. The van der Waals surface area contributed by atoms with Gasteiger partial charge in [-0.25, -0.2) is 9.59 Å². The SMILES string of the molecule is CC(C)C(CC(F)(F)C(F)(F)C(F)(F)C(F)(F)C(F)(F)C(F)(F)C(F)(F)C(F)(F)F)OC(=O)/C=C\C(=O)O. The zero-order chi connectivity index (χ0) is 31.1. The van der Waals surface area contributed by atoms with Crippen molar-refractivity contribution in [2.45, 2.75) is 74.0 Å². The smallest absolute Gasteiger partial charge is 0.460 e. The molecule has 0 spiro atoms. The molecule has 1 unspecified atom stereocenters. The van der Waals surface area contributed by atoms with Crippen LogP contribution in [0.5, 0.6) is 0 Å². The Morgan fingerprint density at radius 1 is 0.632 bits per heavy atom. The predicted octanol–water partition coefficient (Wildman–Crippen LogP) is 6.59. The first-order valence-electron chi connectivity index (χ1n) is 9.19. The van der Waals surface area contributed by atoms with E-state index in [1.165, 1.54) is 0 Å². The lowest BCUT2D eigenvalue weighted by molar-refractivity contribution is -0.462. The molecule has 0 heterocycles. The van der Waals surface area contributed by atoms with Crippen molar-refractivity contribution >= 4 is 11.9 Å². The van der Waals surface area contributed by atoms with Gasteiger partial charge in [-0.3, -0.25) is 0 Å². The number of carboxylic acids is 1. The van der Waals surface area contributed by atoms with Crippen LogP contribution in [0.25, 0.3) is 0 Å². The summed E-state index contributed by atoms with van der Waals surface area (Å²) >= 11 is 0. The van der Waals surface area contributed by atoms with E-state index < -0.39 is 78.0 Å². The summed E-state index contributed by atoms with van der Waals surface area (Å²) in [6.45, 7) is 1.46. The first kappa shape index (κ1) is 35.5. The highest BCUT2D eigenvalue weighted by atomic mass is 19.4. The van der Waals surface area contributed by atoms with Crippen LogP contribution in [0.1, 0.15) is 20.3 Å². The summed E-state index contributed by atoms with van der Waals surface area (Å²) in [7, 11) is 0. The second kappa shape index (κ2) is 10.2. The van der Waals surface area contributed by atoms with Crippen LogP contribution in [0.15, 0.2) is 12.2 Å². The van der Waals surface area contributed by atoms with Crippen molar-refractivity contribution in [1.82, 2.24) is 0 Å². The van der Waals surface area contributed by atoms with Gasteiger partial charge in [0.1, 0.15) is 6.10 Å². The largest absolute Gasteiger partial charge is 0.478 e. The number of halogens is 17. The van der Waals surface area contributed by atoms with E-state index in [4.69, 9.17) is 5.11 Å². The number of rotatable bonds is 12. The average Bonchev–Trinajstić information content (AvgIpc) is 2.69. The van der Waals surface area contributed by atoms with E-state index in [9.17, 15) is 84.2 Å². The third kappa shape index (κ3) is 5.74. The van der Waals surface area contributed by atoms with Crippen LogP contribution >= 0.6 is 0 Å². The Kier molecular flexibility index (Phi) is 9.56. The molecule has 1 atom stereocenters. The number of ether oxygens (including phenoxy) is 1. The molecule has 0 aromatic rings. The first-order chi connectivity index (χ1) is 16.4. The van der Waals surface area contributed by atoms with E-state index in [0.29, 0.717) is 0 Å². The van der Waals surface area contributed by atoms with E-state index >= 15 is 0 Å². The molecule has 0 aromatic heterocycles. The maximum absolute atomic E-state index is 14.1. The van der Waals surface area contributed by atoms with E-state index in [0.717, 1.165) is 13.8 Å². The summed E-state index contributed by atoms with van der Waals surface area (Å²) in [6, 6.07) is 0. The number of carboxylic acid groups (broad SMARTS) is 1. The van der Waals surface area contributed by atoms with Gasteiger partial charge in [-0.15, -0.1) is 0 Å². The van der Waals surface area contributed by atoms with Crippen LogP contribution in [-0.4, -0.2) is 70.8 Å². The Morgan fingerprint density at radius 2 is 0.974 bits per heavy atom. The van der Waals surface area contributed by atoms with Gasteiger partial charge in [-0.2, -0.15) is 74.6 Å². The lowest BCUT2D eigenvalue weighted by Crippen LogP contribution is -2.74. The van der Waals surface area contributed by atoms with E-state index in [1.807, 2.05) is 0 Å². The van der Waals surface area contributed by atoms with Gasteiger partial charge < -0.3 is 9.84 Å². The zero-order valence-electron chi connectivity index (χ0n) is 18.1. The molecule has 224 valence electrons. The third-order valence-corrected chi connectivity index (χ3v) is 4.62. The Labute approximate surface area is 199 Å². The molecule has 0 fully saturated rings. The molecule has 38 heavy (non-hydrogen) atoms. The number of aliphatic carboxylic acids is 1. The minimum Gasteiger partial charge on any atom is -0.478 e. The van der Waals surface area contributed by atoms with Crippen LogP contribution in [0.4, 0.5) is 74.6 Å². The van der Waals surface area contributed by atoms with Crippen molar-refractivity contribution in [1.29, 1.82) is 0 Å². The second-order valence-corrected chi connectivity index (χ2v) is 7.74. The Morgan fingerprint density at radius 3 is 1.29 bits per heavy atom. The Hall–Kier alpha value is -2.51. The maximum atomic E-state index is 14.1. The molecule has 0 rings (SSSR count). The Bertz CT molecular complexity index is 905. The number of carbonyl (C=O) groups is 2. The second-order valence-electron chi connectivity index (χ2n) is 7.74. The lowest BCUT2D eigenvalue weighted by Gasteiger charge is -2.43. The summed E-state index contributed by atoms with van der Waals surface area (Å²) in [5, 5.41) is 8.29. The summed E-state index contributed by atoms with van der Waals surface area (Å²) in [5.74, 6) is -62.9. The fraction of sp³-hybridized carbons (Fsp3) is 0.765. The molecule has 0 bridgehead atoms. The van der Waals surface area contributed by atoms with Crippen molar-refractivity contribution in [3.8, 4) is 0 Å². The van der Waals surface area contributed by atoms with Gasteiger partial charge in [0.25, 0.3) is 0 Å². The molecule has 0 saturated heterocycles. The monoisotopic (exact) mass is 604 g/mol. The van der Waals surface area contributed by atoms with E-state index in [1.54, 1.807) is 0 Å². The van der Waals surface area contributed by atoms with Gasteiger partial charge in [-0.1, -0.05) is 13.8 Å². The normalized spacial score (nSPS) is 16.2. The van der Waals surface area contributed by atoms with Crippen molar-refractivity contribution in [3.63, 3.8) is 0 Å². The minimum atomic E-state index is -8.74. The highest BCUT2D eigenvalue weighted by Gasteiger charge is 2.95. The van der Waals surface area contributed by atoms with Crippen molar-refractivity contribution in [3.05, 3.63) is 12.2 Å². The highest BCUT2D eigenvalue weighted by Crippen LogP contribution is 2.64. The highest BCUT2D eigenvalue weighted by molar-refractivity contribution is 5.90. The van der Waals surface area contributed by atoms with Gasteiger partial charge >= 0.3 is 59.6 Å². The van der Waals surface area contributed by atoms with Crippen molar-refractivity contribution < 1.29 is 94.1 Å². The van der Waals surface area contributed by atoms with E-state index in [-0.39, 0.29) is 12.2 Å². The van der Waals surface area contributed by atoms with Gasteiger partial charge in [0, 0.05) is 12.2 Å². The average molecular weight is 604 g/mol. The Balaban J connectivity index is 6.60. The molecule has 0 aliphatic heterocycles. The fourth-order valence-electron chi connectivity index (χ4n) is 2.32. The molecule has 4 nitrogen and oxygen atoms in total. The molecular weight excluding hydrogens is 591 g/mol. The van der Waals surface area contributed by atoms with Crippen LogP contribution < -0.4 is 0 Å². The number of hydrogen-bond acceptors (Lipinski definition) is 3. The summed E-state index contributed by atoms with van der Waals surface area (Å²) < 4.78 is 230.